The van der Waals surface area contributed by atoms with Crippen molar-refractivity contribution >= 4 is 75.2 Å². The fourth-order valence-electron chi connectivity index (χ4n) is 16.2. The highest BCUT2D eigenvalue weighted by Crippen LogP contribution is 2.43. The maximum Gasteiger partial charge on any atom is 0.176 e. The summed E-state index contributed by atoms with van der Waals surface area (Å²) in [5, 5.41) is 3.91. The predicted octanol–water partition coefficient (Wildman–Crippen LogP) is 22.8. The molecule has 11 aromatic carbocycles. The fourth-order valence-corrected chi connectivity index (χ4v) is 17.4. The maximum absolute atomic E-state index is 12.5. The molecule has 1 unspecified atom stereocenters. The average molecular weight is 1550 g/mol. The molecule has 11 heteroatoms. The Balaban J connectivity index is 0.000000133. The van der Waals surface area contributed by atoms with Gasteiger partial charge in [0.2, 0.25) is 0 Å². The van der Waals surface area contributed by atoms with E-state index in [1.807, 2.05) is 31.9 Å². The van der Waals surface area contributed by atoms with Crippen molar-refractivity contribution in [2.24, 2.45) is 5.92 Å². The number of ether oxygens (including phenoxy) is 1. The van der Waals surface area contributed by atoms with Gasteiger partial charge in [-0.05, 0) is 271 Å². The largest absolute Gasteiger partial charge is 0.488 e. The number of likely N-dealkylation sites (N-methyl/N-ethyl adjacent to an activating group) is 1. The van der Waals surface area contributed by atoms with Gasteiger partial charge in [-0.1, -0.05) is 249 Å². The highest BCUT2D eigenvalue weighted by atomic mass is 35.5. The van der Waals surface area contributed by atoms with E-state index < -0.39 is 0 Å². The highest BCUT2D eigenvalue weighted by Gasteiger charge is 2.26. The average Bonchev–Trinajstić information content (AvgIpc) is 1.65. The predicted molar refractivity (Wildman–Crippen MR) is 487 cm³/mol. The van der Waals surface area contributed by atoms with Crippen LogP contribution in [0.1, 0.15) is 133 Å². The number of benzene rings is 11. The van der Waals surface area contributed by atoms with Crippen molar-refractivity contribution in [3.05, 3.63) is 368 Å². The third-order valence-electron chi connectivity index (χ3n) is 21.8. The molecule has 9 nitrogen and oxygen atoms in total. The van der Waals surface area contributed by atoms with Crippen molar-refractivity contribution in [1.82, 2.24) is 24.9 Å². The lowest BCUT2D eigenvalue weighted by Crippen LogP contribution is -2.30. The van der Waals surface area contributed by atoms with Crippen LogP contribution in [0.25, 0.3) is 23.3 Å². The summed E-state index contributed by atoms with van der Waals surface area (Å²) >= 11 is 7.87. The first kappa shape index (κ1) is 83.6. The number of halogens is 1. The summed E-state index contributed by atoms with van der Waals surface area (Å²) in [5.74, 6) is 3.28. The van der Waals surface area contributed by atoms with Gasteiger partial charge in [0.05, 0.1) is 6.54 Å². The molecule has 0 saturated heterocycles. The molecule has 5 aliphatic rings. The fraction of sp³-hybridized carbons (Fsp3) is 0.291. The molecule has 16 rings (SSSR count). The van der Waals surface area contributed by atoms with E-state index in [4.69, 9.17) is 16.3 Å². The smallest absolute Gasteiger partial charge is 0.176 e. The van der Waals surface area contributed by atoms with Crippen LogP contribution in [0.3, 0.4) is 0 Å². The molecule has 0 fully saturated rings. The molecular formula is C103H116ClN7O2S. The SMILES string of the molecule is CC(CN(C)C)CN1c2ccccc2CCc2ccccc21.CN(C)CC/C=C1/c2ccccc2COc2ccccc21.CN(C)CC/C=C1\c2ccccc2CSc2ccccc21.CN(CCCN1c2ccccc2CCc2ccccc21)CC(=O)c1ccc(Cl)cc1.CNCCCC1c2ccccc2C=Cc2ccccc21. The lowest BCUT2D eigenvalue weighted by atomic mass is 9.84. The number of hydrogen-bond acceptors (Lipinski definition) is 10. The van der Waals surface area contributed by atoms with Crippen molar-refractivity contribution in [3.8, 4) is 5.75 Å². The van der Waals surface area contributed by atoms with Crippen LogP contribution in [0.15, 0.2) is 284 Å². The third-order valence-corrected chi connectivity index (χ3v) is 23.2. The number of para-hydroxylation sites is 5. The van der Waals surface area contributed by atoms with E-state index in [-0.39, 0.29) is 5.78 Å². The minimum absolute atomic E-state index is 0.125. The van der Waals surface area contributed by atoms with Gasteiger partial charge in [0.25, 0.3) is 0 Å². The van der Waals surface area contributed by atoms with Crippen molar-refractivity contribution in [2.75, 3.05) is 119 Å². The van der Waals surface area contributed by atoms with Gasteiger partial charge in [0.1, 0.15) is 12.4 Å². The van der Waals surface area contributed by atoms with Gasteiger partial charge in [-0.3, -0.25) is 9.69 Å². The number of nitrogens with zero attached hydrogens (tertiary/aromatic N) is 6. The minimum Gasteiger partial charge on any atom is -0.488 e. The van der Waals surface area contributed by atoms with Crippen LogP contribution in [-0.4, -0.2) is 134 Å². The van der Waals surface area contributed by atoms with Gasteiger partial charge in [-0.2, -0.15) is 0 Å². The van der Waals surface area contributed by atoms with Gasteiger partial charge in [0.15, 0.2) is 5.78 Å². The Labute approximate surface area is 690 Å². The summed E-state index contributed by atoms with van der Waals surface area (Å²) in [5.41, 5.74) is 28.1. The number of aryl methyl sites for hydroxylation is 4. The van der Waals surface area contributed by atoms with E-state index in [2.05, 4.69) is 345 Å². The molecular weight excluding hydrogens is 1430 g/mol. The van der Waals surface area contributed by atoms with Crippen LogP contribution < -0.4 is 19.9 Å². The van der Waals surface area contributed by atoms with Crippen molar-refractivity contribution in [3.63, 3.8) is 0 Å². The molecule has 1 N–H and O–H groups in total. The zero-order chi connectivity index (χ0) is 79.6. The summed E-state index contributed by atoms with van der Waals surface area (Å²) in [4.78, 5) is 27.7. The number of nitrogens with one attached hydrogen (secondary N) is 1. The van der Waals surface area contributed by atoms with E-state index >= 15 is 0 Å². The second-order valence-corrected chi connectivity index (χ2v) is 32.8. The Morgan fingerprint density at radius 3 is 1.47 bits per heavy atom. The van der Waals surface area contributed by atoms with Crippen LogP contribution in [-0.2, 0) is 38.0 Å². The molecule has 0 bridgehead atoms. The summed E-state index contributed by atoms with van der Waals surface area (Å²) in [6.07, 6.45) is 19.1. The number of anilines is 4. The van der Waals surface area contributed by atoms with Gasteiger partial charge >= 0.3 is 0 Å². The Morgan fingerprint density at radius 1 is 0.491 bits per heavy atom. The molecule has 588 valence electrons. The first-order valence-corrected chi connectivity index (χ1v) is 42.3. The van der Waals surface area contributed by atoms with Crippen LogP contribution >= 0.6 is 23.4 Å². The third kappa shape index (κ3) is 22.8. The van der Waals surface area contributed by atoms with Gasteiger partial charge in [-0.25, -0.2) is 0 Å². The van der Waals surface area contributed by atoms with Gasteiger partial charge < -0.3 is 34.6 Å². The minimum atomic E-state index is 0.125. The number of Topliss-reactive ketones (excluding diaryl/α,β-unsaturated/α-hetero) is 1. The topological polar surface area (TPSA) is 57.8 Å². The van der Waals surface area contributed by atoms with Crippen LogP contribution in [0.2, 0.25) is 5.02 Å². The molecule has 4 aliphatic heterocycles. The molecule has 0 amide bonds. The van der Waals surface area contributed by atoms with E-state index in [0.717, 1.165) is 102 Å². The molecule has 0 saturated carbocycles. The van der Waals surface area contributed by atoms with Crippen LogP contribution in [0, 0.1) is 5.92 Å². The van der Waals surface area contributed by atoms with Crippen LogP contribution in [0.5, 0.6) is 5.75 Å². The number of ketones is 1. The zero-order valence-electron chi connectivity index (χ0n) is 68.6. The normalized spacial score (nSPS) is 14.4. The molecule has 0 aromatic heterocycles. The van der Waals surface area contributed by atoms with Crippen molar-refractivity contribution in [1.29, 1.82) is 0 Å². The van der Waals surface area contributed by atoms with E-state index in [1.165, 1.54) is 130 Å². The Hall–Kier alpha value is -9.85. The summed E-state index contributed by atoms with van der Waals surface area (Å²) in [6.45, 7) is 10.6. The van der Waals surface area contributed by atoms with E-state index in [1.54, 1.807) is 24.3 Å². The van der Waals surface area contributed by atoms with Gasteiger partial charge in [-0.15, -0.1) is 11.8 Å². The number of rotatable bonds is 21. The second-order valence-electron chi connectivity index (χ2n) is 31.4. The quantitative estimate of drug-likeness (QED) is 0.0556. The first-order chi connectivity index (χ1) is 55.7. The van der Waals surface area contributed by atoms with E-state index in [0.29, 0.717) is 35.6 Å². The molecule has 11 aromatic rings. The standard InChI is InChI=1S/C26H27ClN2O.C20H26N2.C19H21NO.C19H21NS.C19H21N/c1-28(19-26(30)22-13-15-23(27)16-14-22)17-6-18-29-24-9-4-2-7-20(24)11-12-21-8-3-5-10-25(21)29;1-16(14-21(2)3)15-22-19-10-6-4-8-17(19)12-13-18-9-5-7-11-20(18)22;2*1-20(2)13-7-11-17-16-9-4-3-8-15(16)14-21-19-12-6-5-10-18(17)19;1-20-14-6-11-19-17-9-4-2-7-15(17)12-13-16-8-3-5-10-18(16)19/h2-5,7-10,13-16H,6,11-12,17-19H2,1H3;4-11,16H,12-15H2,1-3H3;2*3-6,8-12H,7,13-14H2,1-2H3;2-5,7-10,12-13,19-20H,6,11,14H2,1H3/b;;17-11-;17-11+;. The Bertz CT molecular complexity index is 4660. The molecule has 0 radical (unpaired) electrons. The summed E-state index contributed by atoms with van der Waals surface area (Å²) in [7, 11) is 16.8. The first-order valence-electron chi connectivity index (χ1n) is 41.0. The molecule has 114 heavy (non-hydrogen) atoms. The molecule has 4 heterocycles. The van der Waals surface area contributed by atoms with E-state index in [9.17, 15) is 4.79 Å². The highest BCUT2D eigenvalue weighted by molar-refractivity contribution is 7.98. The lowest BCUT2D eigenvalue weighted by molar-refractivity contribution is 0.0946. The number of carbonyl (C=O) groups is 1. The molecule has 1 atom stereocenters. The number of fused-ring (bicyclic) bond motifs is 10. The Kier molecular flexibility index (Phi) is 31.2. The van der Waals surface area contributed by atoms with Crippen molar-refractivity contribution < 1.29 is 9.53 Å². The number of hydrogen-bond donors (Lipinski definition) is 1. The summed E-state index contributed by atoms with van der Waals surface area (Å²) < 4.78 is 5.98. The number of thioether (sulfide) groups is 1. The summed E-state index contributed by atoms with van der Waals surface area (Å²) in [6, 6.07) is 94.4. The maximum atomic E-state index is 12.5. The molecule has 0 spiro atoms. The Morgan fingerprint density at radius 2 is 0.939 bits per heavy atom. The second kappa shape index (κ2) is 42.5. The van der Waals surface area contributed by atoms with Crippen molar-refractivity contribution in [2.45, 2.75) is 87.9 Å². The zero-order valence-corrected chi connectivity index (χ0v) is 70.2. The number of carbonyl (C=O) groups excluding carboxylic acids is 1. The van der Waals surface area contributed by atoms with Crippen LogP contribution in [0.4, 0.5) is 22.7 Å². The van der Waals surface area contributed by atoms with Gasteiger partial charge in [0, 0.05) is 94.7 Å². The molecule has 1 aliphatic carbocycles. The monoisotopic (exact) mass is 1550 g/mol. The lowest BCUT2D eigenvalue weighted by Gasteiger charge is -2.30.